The standard InChI is InChI=1S/C28H32O12Si5/c29-17-21-1-9-25(10-2-21)41(33)37-45(38-42(34)26-11-3-22(18-30)4-12-26,39-43(35)27-13-5-23(19-31)6-14-27)40-44(36)28-15-7-24(20-32)8-16-28/h1-16,29-36H,17-20H2. The summed E-state index contributed by atoms with van der Waals surface area (Å²) in [6, 6.07) is 25.0. The van der Waals surface area contributed by atoms with Crippen molar-refractivity contribution in [1.29, 1.82) is 0 Å². The second kappa shape index (κ2) is 16.9. The zero-order chi connectivity index (χ0) is 32.4. The van der Waals surface area contributed by atoms with Crippen LogP contribution in [0.5, 0.6) is 0 Å². The Balaban J connectivity index is 1.75. The van der Waals surface area contributed by atoms with E-state index in [-0.39, 0.29) is 26.4 Å². The van der Waals surface area contributed by atoms with Crippen LogP contribution in [0.4, 0.5) is 0 Å². The van der Waals surface area contributed by atoms with Gasteiger partial charge in [-0.05, 0) is 43.0 Å². The highest BCUT2D eigenvalue weighted by molar-refractivity contribution is 6.84. The van der Waals surface area contributed by atoms with Crippen LogP contribution in [-0.2, 0) is 42.9 Å². The smallest absolute Gasteiger partial charge is 0.407 e. The van der Waals surface area contributed by atoms with E-state index in [9.17, 15) is 39.6 Å². The van der Waals surface area contributed by atoms with Crippen molar-refractivity contribution in [1.82, 2.24) is 0 Å². The lowest BCUT2D eigenvalue weighted by atomic mass is 10.2. The number of hydrogen-bond donors (Lipinski definition) is 8. The zero-order valence-electron chi connectivity index (χ0n) is 23.8. The van der Waals surface area contributed by atoms with Gasteiger partial charge in [0.1, 0.15) is 0 Å². The Bertz CT molecular complexity index is 1240. The number of hydrogen-bond acceptors (Lipinski definition) is 12. The molecule has 0 aliphatic rings. The molecule has 0 aliphatic heterocycles. The SMILES string of the molecule is OCc1ccc([Si](O)O[Si](O[Si](O)c2ccc(CO)cc2)(O[Si](O)c2ccc(CO)cc2)O[Si](O)c2ccc(CO)cc2)cc1. The van der Waals surface area contributed by atoms with Gasteiger partial charge in [0, 0.05) is 0 Å². The van der Waals surface area contributed by atoms with Gasteiger partial charge in [-0.2, -0.15) is 0 Å². The van der Waals surface area contributed by atoms with Gasteiger partial charge in [0.2, 0.25) is 0 Å². The van der Waals surface area contributed by atoms with Gasteiger partial charge in [0.15, 0.2) is 0 Å². The van der Waals surface area contributed by atoms with Crippen molar-refractivity contribution in [2.45, 2.75) is 26.4 Å². The summed E-state index contributed by atoms with van der Waals surface area (Å²) in [7, 11) is -17.0. The third-order valence-electron chi connectivity index (χ3n) is 6.42. The van der Waals surface area contributed by atoms with E-state index in [0.29, 0.717) is 43.0 Å². The molecule has 0 heterocycles. The number of benzene rings is 4. The molecule has 0 atom stereocenters. The highest BCUT2D eigenvalue weighted by atomic mass is 28.5. The van der Waals surface area contributed by atoms with Crippen molar-refractivity contribution in [2.75, 3.05) is 0 Å². The fourth-order valence-electron chi connectivity index (χ4n) is 3.85. The van der Waals surface area contributed by atoms with Gasteiger partial charge in [-0.3, -0.25) is 0 Å². The molecule has 4 aromatic carbocycles. The number of aliphatic hydroxyl groups is 4. The molecule has 0 bridgehead atoms. The van der Waals surface area contributed by atoms with E-state index in [4.69, 9.17) is 16.5 Å². The quantitative estimate of drug-likeness (QED) is 0.0553. The van der Waals surface area contributed by atoms with Crippen LogP contribution in [0.1, 0.15) is 22.3 Å². The molecule has 0 aromatic heterocycles. The lowest BCUT2D eigenvalue weighted by Gasteiger charge is -2.33. The Morgan fingerprint density at radius 3 is 0.689 bits per heavy atom. The molecule has 0 saturated carbocycles. The Labute approximate surface area is 268 Å². The van der Waals surface area contributed by atoms with Crippen LogP contribution in [0.15, 0.2) is 97.1 Å². The van der Waals surface area contributed by atoms with Gasteiger partial charge in [0.05, 0.1) is 26.4 Å². The maximum Gasteiger partial charge on any atom is 0.644 e. The first-order chi connectivity index (χ1) is 21.7. The summed E-state index contributed by atoms with van der Waals surface area (Å²) in [6.45, 7) is -0.870. The van der Waals surface area contributed by atoms with Gasteiger partial charge >= 0.3 is 46.2 Å². The van der Waals surface area contributed by atoms with Crippen LogP contribution in [-0.4, -0.2) is 85.8 Å². The van der Waals surface area contributed by atoms with Crippen molar-refractivity contribution in [3.8, 4) is 0 Å². The summed E-state index contributed by atoms with van der Waals surface area (Å²) < 4.78 is 24.2. The second-order valence-corrected chi connectivity index (χ2v) is 18.6. The van der Waals surface area contributed by atoms with Crippen molar-refractivity contribution in [2.24, 2.45) is 0 Å². The molecule has 0 aliphatic carbocycles. The van der Waals surface area contributed by atoms with E-state index >= 15 is 0 Å². The van der Waals surface area contributed by atoms with E-state index in [0.717, 1.165) is 0 Å². The summed E-state index contributed by atoms with van der Waals surface area (Å²) >= 11 is 0. The van der Waals surface area contributed by atoms with Gasteiger partial charge in [0.25, 0.3) is 0 Å². The lowest BCUT2D eigenvalue weighted by Crippen LogP contribution is -2.65. The van der Waals surface area contributed by atoms with E-state index in [2.05, 4.69) is 0 Å². The normalized spacial score (nSPS) is 12.2. The third-order valence-corrected chi connectivity index (χ3v) is 16.8. The Hall–Kier alpha value is -2.52. The molecule has 236 valence electrons. The van der Waals surface area contributed by atoms with Crippen LogP contribution in [0.2, 0.25) is 0 Å². The molecule has 4 rings (SSSR count). The van der Waals surface area contributed by atoms with Gasteiger partial charge < -0.3 is 56.1 Å². The fourth-order valence-corrected chi connectivity index (χ4v) is 14.6. The van der Waals surface area contributed by atoms with Gasteiger partial charge in [-0.25, -0.2) is 0 Å². The van der Waals surface area contributed by atoms with Crippen molar-refractivity contribution >= 4 is 66.9 Å². The van der Waals surface area contributed by atoms with Gasteiger partial charge in [-0.1, -0.05) is 97.1 Å². The zero-order valence-corrected chi connectivity index (χ0v) is 28.8. The van der Waals surface area contributed by atoms with Crippen molar-refractivity contribution < 1.29 is 56.1 Å². The Morgan fingerprint density at radius 2 is 0.533 bits per heavy atom. The molecular formula is C28H32O12Si5. The largest absolute Gasteiger partial charge is 0.644 e. The van der Waals surface area contributed by atoms with Crippen LogP contribution >= 0.6 is 0 Å². The molecule has 0 unspecified atom stereocenters. The maximum absolute atomic E-state index is 11.3. The third kappa shape index (κ3) is 9.74. The molecular weight excluding hydrogens is 669 g/mol. The van der Waals surface area contributed by atoms with Crippen molar-refractivity contribution in [3.63, 3.8) is 0 Å². The second-order valence-electron chi connectivity index (χ2n) is 9.55. The van der Waals surface area contributed by atoms with E-state index in [1.54, 1.807) is 48.5 Å². The fraction of sp³-hybridized carbons (Fsp3) is 0.143. The van der Waals surface area contributed by atoms with Crippen LogP contribution in [0, 0.1) is 0 Å². The molecule has 4 aromatic rings. The monoisotopic (exact) mass is 700 g/mol. The predicted molar refractivity (Wildman–Crippen MR) is 170 cm³/mol. The molecule has 12 nitrogen and oxygen atoms in total. The van der Waals surface area contributed by atoms with E-state index in [1.807, 2.05) is 0 Å². The summed E-state index contributed by atoms with van der Waals surface area (Å²) in [4.78, 5) is 45.2. The number of rotatable bonds is 16. The molecule has 0 amide bonds. The summed E-state index contributed by atoms with van der Waals surface area (Å²) in [5.41, 5.74) is 2.36. The minimum atomic E-state index is -4.88. The molecule has 0 saturated heterocycles. The van der Waals surface area contributed by atoms with Crippen LogP contribution in [0.3, 0.4) is 0 Å². The van der Waals surface area contributed by atoms with Crippen molar-refractivity contribution in [3.05, 3.63) is 119 Å². The molecule has 45 heavy (non-hydrogen) atoms. The molecule has 17 heteroatoms. The van der Waals surface area contributed by atoms with E-state index < -0.39 is 46.2 Å². The average molecular weight is 701 g/mol. The van der Waals surface area contributed by atoms with Crippen LogP contribution < -0.4 is 20.7 Å². The minimum absolute atomic E-state index is 0.217. The van der Waals surface area contributed by atoms with E-state index in [1.165, 1.54) is 48.5 Å². The summed E-state index contributed by atoms with van der Waals surface area (Å²) in [6.07, 6.45) is 0. The molecule has 8 N–H and O–H groups in total. The molecule has 0 fully saturated rings. The molecule has 4 radical (unpaired) electrons. The Morgan fingerprint density at radius 1 is 0.356 bits per heavy atom. The lowest BCUT2D eigenvalue weighted by molar-refractivity contribution is 0.124. The summed E-state index contributed by atoms with van der Waals surface area (Å²) in [5.74, 6) is 0. The average Bonchev–Trinajstić information content (AvgIpc) is 3.08. The first kappa shape index (κ1) is 35.3. The highest BCUT2D eigenvalue weighted by Crippen LogP contribution is 2.18. The van der Waals surface area contributed by atoms with Gasteiger partial charge in [-0.15, -0.1) is 0 Å². The van der Waals surface area contributed by atoms with Crippen LogP contribution in [0.25, 0.3) is 0 Å². The topological polar surface area (TPSA) is 199 Å². The first-order valence-corrected chi connectivity index (χ1v) is 20.5. The predicted octanol–water partition coefficient (Wildman–Crippen LogP) is -2.99. The first-order valence-electron chi connectivity index (χ1n) is 13.5. The summed E-state index contributed by atoms with van der Waals surface area (Å²) in [5, 5.41) is 38.9. The minimum Gasteiger partial charge on any atom is -0.407 e. The maximum atomic E-state index is 11.3. The highest BCUT2D eigenvalue weighted by Gasteiger charge is 2.55. The molecule has 0 spiro atoms. The Kier molecular flexibility index (Phi) is 13.2. The number of aliphatic hydroxyl groups excluding tert-OH is 4.